The number of nitrogens with zero attached hydrogens (tertiary/aromatic N) is 2. The summed E-state index contributed by atoms with van der Waals surface area (Å²) < 4.78 is 6.71. The summed E-state index contributed by atoms with van der Waals surface area (Å²) in [5, 5.41) is 34.9. The normalized spacial score (nSPS) is 11.1. The predicted molar refractivity (Wildman–Crippen MR) is 81.9 cm³/mol. The van der Waals surface area contributed by atoms with Gasteiger partial charge in [-0.15, -0.1) is 11.6 Å². The number of hydrogen-bond donors (Lipinski definition) is 1. The molecule has 0 saturated heterocycles. The Balaban J connectivity index is 2.31. The van der Waals surface area contributed by atoms with Gasteiger partial charge in [-0.25, -0.2) is 0 Å². The molecule has 0 aliphatic carbocycles. The Kier molecular flexibility index (Phi) is 3.77. The molecule has 1 aromatic heterocycles. The van der Waals surface area contributed by atoms with Crippen molar-refractivity contribution < 1.29 is 19.3 Å². The Hall–Kier alpha value is -2.47. The molecule has 114 valence electrons. The summed E-state index contributed by atoms with van der Waals surface area (Å²) in [6.45, 7) is 0.347. The van der Waals surface area contributed by atoms with Gasteiger partial charge in [-0.2, -0.15) is 9.46 Å². The Morgan fingerprint density at radius 3 is 2.36 bits per heavy atom. The number of para-hydroxylation sites is 2. The smallest absolute Gasteiger partial charge is 0.332 e. The van der Waals surface area contributed by atoms with E-state index in [-0.39, 0.29) is 27.8 Å². The van der Waals surface area contributed by atoms with Gasteiger partial charge in [-0.05, 0) is 18.6 Å². The zero-order chi connectivity index (χ0) is 15.7. The van der Waals surface area contributed by atoms with Crippen molar-refractivity contribution in [1.29, 1.82) is 0 Å². The number of rotatable bonds is 4. The minimum absolute atomic E-state index is 0.0668. The van der Waals surface area contributed by atoms with E-state index in [0.29, 0.717) is 34.1 Å². The number of hydrogen-bond acceptors (Lipinski definition) is 4. The monoisotopic (exact) mass is 320 g/mol. The van der Waals surface area contributed by atoms with E-state index in [0.717, 1.165) is 0 Å². The van der Waals surface area contributed by atoms with Crippen LogP contribution in [0.3, 0.4) is 0 Å². The summed E-state index contributed by atoms with van der Waals surface area (Å²) in [6.07, 6.45) is 0.628. The first-order chi connectivity index (χ1) is 10.6. The molecule has 0 atom stereocenters. The van der Waals surface area contributed by atoms with Crippen LogP contribution < -0.4 is 14.2 Å². The summed E-state index contributed by atoms with van der Waals surface area (Å²) in [4.78, 5) is 0. The third-order valence-corrected chi connectivity index (χ3v) is 3.62. The standard InChI is InChI=1S/C15H13ClN2O4/c16-8-3-9-22-13-7-2-5-11-15(13)18(21)10-4-1-6-12(19)14(10)17(11)20/h1-2,4-7,19H,3,8-9H2. The highest BCUT2D eigenvalue weighted by Gasteiger charge is 2.26. The Labute approximate surface area is 130 Å². The van der Waals surface area contributed by atoms with Crippen molar-refractivity contribution in [2.45, 2.75) is 6.42 Å². The number of ether oxygens (including phenoxy) is 1. The molecular formula is C15H13ClN2O4. The fraction of sp³-hybridized carbons (Fsp3) is 0.200. The molecule has 0 radical (unpaired) electrons. The molecule has 0 amide bonds. The first-order valence-corrected chi connectivity index (χ1v) is 7.27. The fourth-order valence-electron chi connectivity index (χ4n) is 2.36. The van der Waals surface area contributed by atoms with Gasteiger partial charge in [0.1, 0.15) is 0 Å². The molecule has 0 fully saturated rings. The van der Waals surface area contributed by atoms with Gasteiger partial charge in [0.15, 0.2) is 11.5 Å². The maximum atomic E-state index is 12.6. The number of halogens is 1. The third-order valence-electron chi connectivity index (χ3n) is 3.35. The zero-order valence-electron chi connectivity index (χ0n) is 11.5. The predicted octanol–water partition coefficient (Wildman–Crippen LogP) is 1.97. The van der Waals surface area contributed by atoms with Crippen LogP contribution in [0.5, 0.6) is 11.5 Å². The molecule has 6 nitrogen and oxygen atoms in total. The number of alkyl halides is 1. The van der Waals surface area contributed by atoms with E-state index in [1.54, 1.807) is 12.1 Å². The highest BCUT2D eigenvalue weighted by molar-refractivity contribution is 6.17. The van der Waals surface area contributed by atoms with Crippen LogP contribution in [0.4, 0.5) is 0 Å². The van der Waals surface area contributed by atoms with Crippen LogP contribution in [0.15, 0.2) is 36.4 Å². The Morgan fingerprint density at radius 1 is 1.00 bits per heavy atom. The van der Waals surface area contributed by atoms with Crippen molar-refractivity contribution in [2.75, 3.05) is 12.5 Å². The molecule has 1 heterocycles. The van der Waals surface area contributed by atoms with E-state index in [2.05, 4.69) is 0 Å². The van der Waals surface area contributed by atoms with Gasteiger partial charge < -0.3 is 20.3 Å². The molecule has 0 saturated carbocycles. The number of fused-ring (bicyclic) bond motifs is 2. The molecule has 0 bridgehead atoms. The van der Waals surface area contributed by atoms with Crippen molar-refractivity contribution in [1.82, 2.24) is 0 Å². The zero-order valence-corrected chi connectivity index (χ0v) is 12.3. The topological polar surface area (TPSA) is 83.3 Å². The molecule has 3 rings (SSSR count). The molecule has 7 heteroatoms. The molecule has 22 heavy (non-hydrogen) atoms. The summed E-state index contributed by atoms with van der Waals surface area (Å²) in [5.41, 5.74) is 0.274. The minimum atomic E-state index is -0.243. The lowest BCUT2D eigenvalue weighted by Crippen LogP contribution is -2.39. The van der Waals surface area contributed by atoms with Crippen LogP contribution in [0.25, 0.3) is 22.1 Å². The van der Waals surface area contributed by atoms with Crippen LogP contribution in [0.1, 0.15) is 6.42 Å². The fourth-order valence-corrected chi connectivity index (χ4v) is 2.47. The summed E-state index contributed by atoms with van der Waals surface area (Å²) in [5.74, 6) is 0.514. The second-order valence-corrected chi connectivity index (χ2v) is 5.13. The van der Waals surface area contributed by atoms with Crippen LogP contribution in [-0.4, -0.2) is 17.6 Å². The van der Waals surface area contributed by atoms with Crippen molar-refractivity contribution >= 4 is 33.7 Å². The van der Waals surface area contributed by atoms with Gasteiger partial charge in [0.25, 0.3) is 11.0 Å². The lowest BCUT2D eigenvalue weighted by Gasteiger charge is -2.11. The first-order valence-electron chi connectivity index (χ1n) is 6.73. The van der Waals surface area contributed by atoms with E-state index in [9.17, 15) is 15.5 Å². The van der Waals surface area contributed by atoms with Crippen molar-refractivity contribution in [3.05, 3.63) is 46.8 Å². The highest BCUT2D eigenvalue weighted by Crippen LogP contribution is 2.25. The van der Waals surface area contributed by atoms with Crippen LogP contribution >= 0.6 is 11.6 Å². The highest BCUT2D eigenvalue weighted by atomic mass is 35.5. The van der Waals surface area contributed by atoms with E-state index in [1.165, 1.54) is 24.3 Å². The molecule has 2 aromatic carbocycles. The molecule has 0 spiro atoms. The largest absolute Gasteiger partial charge is 0.617 e. The number of phenols is 1. The average Bonchev–Trinajstić information content (AvgIpc) is 2.52. The summed E-state index contributed by atoms with van der Waals surface area (Å²) in [7, 11) is 0. The van der Waals surface area contributed by atoms with E-state index >= 15 is 0 Å². The number of aromatic hydroxyl groups is 1. The first kappa shape index (κ1) is 14.5. The molecule has 1 N–H and O–H groups in total. The lowest BCUT2D eigenvalue weighted by molar-refractivity contribution is -0.591. The van der Waals surface area contributed by atoms with E-state index in [4.69, 9.17) is 16.3 Å². The van der Waals surface area contributed by atoms with Crippen molar-refractivity contribution in [3.8, 4) is 11.5 Å². The number of aromatic nitrogens is 2. The second kappa shape index (κ2) is 5.73. The van der Waals surface area contributed by atoms with Gasteiger partial charge in [0, 0.05) is 18.0 Å². The quantitative estimate of drug-likeness (QED) is 0.262. The maximum Gasteiger partial charge on any atom is 0.332 e. The number of benzene rings is 2. The minimum Gasteiger partial charge on any atom is -0.617 e. The van der Waals surface area contributed by atoms with Gasteiger partial charge in [0.2, 0.25) is 0 Å². The van der Waals surface area contributed by atoms with Gasteiger partial charge in [-0.3, -0.25) is 0 Å². The van der Waals surface area contributed by atoms with Crippen LogP contribution in [-0.2, 0) is 0 Å². The van der Waals surface area contributed by atoms with E-state index in [1.807, 2.05) is 0 Å². The molecule has 0 aliphatic heterocycles. The average molecular weight is 321 g/mol. The number of phenolic OH excluding ortho intramolecular Hbond substituents is 1. The summed E-state index contributed by atoms with van der Waals surface area (Å²) >= 11 is 5.61. The summed E-state index contributed by atoms with van der Waals surface area (Å²) in [6, 6.07) is 9.11. The van der Waals surface area contributed by atoms with Crippen molar-refractivity contribution in [3.63, 3.8) is 0 Å². The molecule has 0 unspecified atom stereocenters. The van der Waals surface area contributed by atoms with Gasteiger partial charge >= 0.3 is 11.0 Å². The lowest BCUT2D eigenvalue weighted by atomic mass is 10.2. The van der Waals surface area contributed by atoms with Crippen molar-refractivity contribution in [2.24, 2.45) is 0 Å². The van der Waals surface area contributed by atoms with Gasteiger partial charge in [0.05, 0.1) is 6.61 Å². The Bertz CT molecular complexity index is 854. The molecule has 3 aromatic rings. The molecular weight excluding hydrogens is 308 g/mol. The van der Waals surface area contributed by atoms with E-state index < -0.39 is 0 Å². The maximum absolute atomic E-state index is 12.6. The van der Waals surface area contributed by atoms with Crippen LogP contribution in [0.2, 0.25) is 0 Å². The second-order valence-electron chi connectivity index (χ2n) is 4.75. The third kappa shape index (κ3) is 2.21. The Morgan fingerprint density at radius 2 is 1.64 bits per heavy atom. The SMILES string of the molecule is [O-][n+]1c2cccc(OCCCCl)c2[n+]([O-])c2cccc(O)c21. The van der Waals surface area contributed by atoms with Crippen LogP contribution in [0, 0.1) is 10.4 Å². The molecule has 0 aliphatic rings. The van der Waals surface area contributed by atoms with Gasteiger partial charge in [-0.1, -0.05) is 12.1 Å².